The quantitative estimate of drug-likeness (QED) is 0.492. The Morgan fingerprint density at radius 2 is 1.68 bits per heavy atom. The van der Waals surface area contributed by atoms with E-state index in [-0.39, 0.29) is 6.42 Å². The molecule has 0 saturated carbocycles. The predicted molar refractivity (Wildman–Crippen MR) is 103 cm³/mol. The van der Waals surface area contributed by atoms with Crippen LogP contribution in [0.15, 0.2) is 48.5 Å². The van der Waals surface area contributed by atoms with E-state index in [9.17, 15) is 14.0 Å². The Balaban J connectivity index is 1.70. The lowest BCUT2D eigenvalue weighted by Crippen LogP contribution is -2.30. The summed E-state index contributed by atoms with van der Waals surface area (Å²) >= 11 is 0. The number of esters is 1. The Kier molecular flexibility index (Phi) is 8.27. The van der Waals surface area contributed by atoms with Gasteiger partial charge in [-0.25, -0.2) is 4.39 Å². The molecule has 0 aliphatic rings. The van der Waals surface area contributed by atoms with Gasteiger partial charge in [-0.3, -0.25) is 9.59 Å². The lowest BCUT2D eigenvalue weighted by Gasteiger charge is -2.14. The van der Waals surface area contributed by atoms with E-state index < -0.39 is 23.8 Å². The highest BCUT2D eigenvalue weighted by Crippen LogP contribution is 2.26. The van der Waals surface area contributed by atoms with E-state index in [1.165, 1.54) is 31.2 Å². The summed E-state index contributed by atoms with van der Waals surface area (Å²) in [7, 11) is 0. The summed E-state index contributed by atoms with van der Waals surface area (Å²) in [6, 6.07) is 12.6. The van der Waals surface area contributed by atoms with E-state index in [0.29, 0.717) is 36.8 Å². The Hall–Kier alpha value is -3.09. The van der Waals surface area contributed by atoms with Crippen molar-refractivity contribution in [3.05, 3.63) is 54.3 Å². The summed E-state index contributed by atoms with van der Waals surface area (Å²) in [4.78, 5) is 23.9. The molecule has 150 valence electrons. The number of rotatable bonds is 10. The van der Waals surface area contributed by atoms with Gasteiger partial charge in [-0.15, -0.1) is 0 Å². The number of carbonyl (C=O) groups is 2. The third-order valence-electron chi connectivity index (χ3n) is 3.72. The van der Waals surface area contributed by atoms with Crippen molar-refractivity contribution >= 4 is 17.6 Å². The van der Waals surface area contributed by atoms with Crippen LogP contribution in [0.25, 0.3) is 0 Å². The number of halogens is 1. The van der Waals surface area contributed by atoms with Gasteiger partial charge in [0.2, 0.25) is 0 Å². The molecular formula is C21H24FNO5. The van der Waals surface area contributed by atoms with Crippen molar-refractivity contribution < 1.29 is 28.2 Å². The molecule has 0 heterocycles. The lowest BCUT2D eigenvalue weighted by molar-refractivity contribution is -0.153. The minimum atomic E-state index is -0.961. The normalized spacial score (nSPS) is 11.4. The Morgan fingerprint density at radius 3 is 2.32 bits per heavy atom. The van der Waals surface area contributed by atoms with Crippen LogP contribution in [-0.2, 0) is 14.3 Å². The van der Waals surface area contributed by atoms with Crippen LogP contribution >= 0.6 is 0 Å². The fourth-order valence-electron chi connectivity index (χ4n) is 2.33. The van der Waals surface area contributed by atoms with E-state index in [1.807, 2.05) is 25.1 Å². The molecule has 0 aliphatic heterocycles. The van der Waals surface area contributed by atoms with Crippen LogP contribution in [0, 0.1) is 5.82 Å². The Labute approximate surface area is 163 Å². The SMILES string of the molecule is CCOc1ccccc1OCCCC(=O)O[C@H](C)C(=O)Nc1ccc(F)cc1. The van der Waals surface area contributed by atoms with Crippen molar-refractivity contribution in [1.29, 1.82) is 0 Å². The van der Waals surface area contributed by atoms with Crippen LogP contribution in [-0.4, -0.2) is 31.2 Å². The number of hydrogen-bond donors (Lipinski definition) is 1. The first-order chi connectivity index (χ1) is 13.5. The number of amides is 1. The number of benzene rings is 2. The third kappa shape index (κ3) is 6.90. The number of nitrogens with one attached hydrogen (secondary N) is 1. The summed E-state index contributed by atoms with van der Waals surface area (Å²) in [6.07, 6.45) is -0.409. The van der Waals surface area contributed by atoms with E-state index in [2.05, 4.69) is 5.32 Å². The molecule has 2 rings (SSSR count). The molecule has 2 aromatic carbocycles. The first kappa shape index (κ1) is 21.2. The standard InChI is InChI=1S/C21H24FNO5/c1-3-26-18-7-4-5-8-19(18)27-14-6-9-20(24)28-15(2)21(25)23-17-12-10-16(22)11-13-17/h4-5,7-8,10-13,15H,3,6,9,14H2,1-2H3,(H,23,25)/t15-/m1/s1. The van der Waals surface area contributed by atoms with Crippen LogP contribution in [0.2, 0.25) is 0 Å². The summed E-state index contributed by atoms with van der Waals surface area (Å²) < 4.78 is 29.1. The lowest BCUT2D eigenvalue weighted by atomic mass is 10.3. The molecule has 2 aromatic rings. The van der Waals surface area contributed by atoms with Gasteiger partial charge < -0.3 is 19.5 Å². The van der Waals surface area contributed by atoms with Crippen LogP contribution in [0.4, 0.5) is 10.1 Å². The molecule has 0 bridgehead atoms. The molecule has 1 atom stereocenters. The summed E-state index contributed by atoms with van der Waals surface area (Å²) in [5.41, 5.74) is 0.427. The van der Waals surface area contributed by atoms with Crippen molar-refractivity contribution in [2.24, 2.45) is 0 Å². The number of para-hydroxylation sites is 2. The largest absolute Gasteiger partial charge is 0.490 e. The fourth-order valence-corrected chi connectivity index (χ4v) is 2.33. The molecule has 7 heteroatoms. The van der Waals surface area contributed by atoms with Crippen molar-refractivity contribution in [1.82, 2.24) is 0 Å². The number of carbonyl (C=O) groups excluding carboxylic acids is 2. The Morgan fingerprint density at radius 1 is 1.04 bits per heavy atom. The molecule has 0 saturated heterocycles. The maximum Gasteiger partial charge on any atom is 0.306 e. The molecule has 0 unspecified atom stereocenters. The van der Waals surface area contributed by atoms with Crippen LogP contribution < -0.4 is 14.8 Å². The zero-order chi connectivity index (χ0) is 20.4. The zero-order valence-corrected chi connectivity index (χ0v) is 15.9. The Bertz CT molecular complexity index is 779. The highest BCUT2D eigenvalue weighted by atomic mass is 19.1. The van der Waals surface area contributed by atoms with Crippen molar-refractivity contribution in [2.45, 2.75) is 32.8 Å². The first-order valence-electron chi connectivity index (χ1n) is 9.10. The summed E-state index contributed by atoms with van der Waals surface area (Å²) in [5.74, 6) is -0.114. The molecule has 6 nitrogen and oxygen atoms in total. The van der Waals surface area contributed by atoms with Gasteiger partial charge in [-0.2, -0.15) is 0 Å². The molecule has 0 spiro atoms. The molecule has 0 fully saturated rings. The topological polar surface area (TPSA) is 73.9 Å². The van der Waals surface area contributed by atoms with E-state index in [4.69, 9.17) is 14.2 Å². The number of anilines is 1. The van der Waals surface area contributed by atoms with Gasteiger partial charge in [0, 0.05) is 12.1 Å². The minimum Gasteiger partial charge on any atom is -0.490 e. The van der Waals surface area contributed by atoms with E-state index in [1.54, 1.807) is 6.07 Å². The highest BCUT2D eigenvalue weighted by molar-refractivity contribution is 5.95. The average molecular weight is 389 g/mol. The number of hydrogen-bond acceptors (Lipinski definition) is 5. The van der Waals surface area contributed by atoms with E-state index in [0.717, 1.165) is 0 Å². The second-order valence-electron chi connectivity index (χ2n) is 5.96. The second kappa shape index (κ2) is 10.9. The average Bonchev–Trinajstić information content (AvgIpc) is 2.68. The monoisotopic (exact) mass is 389 g/mol. The smallest absolute Gasteiger partial charge is 0.306 e. The van der Waals surface area contributed by atoms with E-state index >= 15 is 0 Å². The molecule has 0 radical (unpaired) electrons. The second-order valence-corrected chi connectivity index (χ2v) is 5.96. The fraction of sp³-hybridized carbons (Fsp3) is 0.333. The van der Waals surface area contributed by atoms with Gasteiger partial charge in [-0.05, 0) is 56.7 Å². The van der Waals surface area contributed by atoms with Crippen LogP contribution in [0.5, 0.6) is 11.5 Å². The van der Waals surface area contributed by atoms with Crippen LogP contribution in [0.3, 0.4) is 0 Å². The molecule has 1 N–H and O–H groups in total. The zero-order valence-electron chi connectivity index (χ0n) is 15.9. The third-order valence-corrected chi connectivity index (χ3v) is 3.72. The van der Waals surface area contributed by atoms with Gasteiger partial charge in [0.05, 0.1) is 13.2 Å². The van der Waals surface area contributed by atoms with Crippen molar-refractivity contribution in [3.8, 4) is 11.5 Å². The van der Waals surface area contributed by atoms with Gasteiger partial charge in [0.25, 0.3) is 5.91 Å². The van der Waals surface area contributed by atoms with Gasteiger partial charge >= 0.3 is 5.97 Å². The summed E-state index contributed by atoms with van der Waals surface area (Å²) in [6.45, 7) is 4.21. The molecule has 28 heavy (non-hydrogen) atoms. The van der Waals surface area contributed by atoms with Crippen molar-refractivity contribution in [2.75, 3.05) is 18.5 Å². The molecular weight excluding hydrogens is 365 g/mol. The summed E-state index contributed by atoms with van der Waals surface area (Å²) in [5, 5.41) is 2.56. The molecule has 1 amide bonds. The maximum atomic E-state index is 12.9. The highest BCUT2D eigenvalue weighted by Gasteiger charge is 2.18. The molecule has 0 aliphatic carbocycles. The van der Waals surface area contributed by atoms with Crippen molar-refractivity contribution in [3.63, 3.8) is 0 Å². The minimum absolute atomic E-state index is 0.116. The number of ether oxygens (including phenoxy) is 3. The van der Waals surface area contributed by atoms with Gasteiger partial charge in [-0.1, -0.05) is 12.1 Å². The first-order valence-corrected chi connectivity index (χ1v) is 9.10. The molecule has 0 aromatic heterocycles. The van der Waals surface area contributed by atoms with Gasteiger partial charge in [0.1, 0.15) is 5.82 Å². The maximum absolute atomic E-state index is 12.9. The predicted octanol–water partition coefficient (Wildman–Crippen LogP) is 3.95. The van der Waals surface area contributed by atoms with Crippen LogP contribution in [0.1, 0.15) is 26.7 Å². The van der Waals surface area contributed by atoms with Gasteiger partial charge in [0.15, 0.2) is 17.6 Å².